The van der Waals surface area contributed by atoms with Crippen molar-refractivity contribution in [3.8, 4) is 0 Å². The van der Waals surface area contributed by atoms with Crippen molar-refractivity contribution in [1.29, 1.82) is 0 Å². The molecule has 26 heavy (non-hydrogen) atoms. The molecule has 1 saturated carbocycles. The summed E-state index contributed by atoms with van der Waals surface area (Å²) in [5.74, 6) is 1.29. The largest absolute Gasteiger partial charge is 0.348 e. The van der Waals surface area contributed by atoms with E-state index in [1.807, 2.05) is 12.3 Å². The number of amides is 1. The molecule has 2 fully saturated rings. The van der Waals surface area contributed by atoms with Crippen molar-refractivity contribution in [1.82, 2.24) is 25.4 Å². The second-order valence-electron chi connectivity index (χ2n) is 6.85. The topological polar surface area (TPSA) is 97.0 Å². The second kappa shape index (κ2) is 6.05. The first-order valence-corrected chi connectivity index (χ1v) is 8.87. The number of fused-ring (bicyclic) bond motifs is 1. The lowest BCUT2D eigenvalue weighted by molar-refractivity contribution is 0.0905. The number of rotatable bonds is 4. The van der Waals surface area contributed by atoms with E-state index in [0.717, 1.165) is 24.6 Å². The standard InChI is InChI=1S/C18H18N6O2/c25-17(15-13-2-1-7-19-16(13)23-26-15)21-12-6-9-24(10-12)18-20-8-5-14(22-18)11-3-4-11/h1-2,5,7-8,11-12H,3-4,6,9-10H2,(H,21,25). The normalized spacial score (nSPS) is 19.8. The summed E-state index contributed by atoms with van der Waals surface area (Å²) in [6.45, 7) is 1.50. The molecule has 1 N–H and O–H groups in total. The first-order chi connectivity index (χ1) is 12.8. The molecule has 132 valence electrons. The van der Waals surface area contributed by atoms with Gasteiger partial charge in [-0.05, 0) is 37.5 Å². The third kappa shape index (κ3) is 2.77. The van der Waals surface area contributed by atoms with E-state index >= 15 is 0 Å². The first kappa shape index (κ1) is 15.2. The van der Waals surface area contributed by atoms with Crippen LogP contribution < -0.4 is 10.2 Å². The molecule has 3 aromatic rings. The molecule has 3 aromatic heterocycles. The van der Waals surface area contributed by atoms with Gasteiger partial charge in [-0.25, -0.2) is 15.0 Å². The predicted octanol–water partition coefficient (Wildman–Crippen LogP) is 1.90. The van der Waals surface area contributed by atoms with Crippen LogP contribution in [0.2, 0.25) is 0 Å². The van der Waals surface area contributed by atoms with Crippen molar-refractivity contribution in [3.05, 3.63) is 42.0 Å². The highest BCUT2D eigenvalue weighted by atomic mass is 16.5. The summed E-state index contributed by atoms with van der Waals surface area (Å²) in [5, 5.41) is 7.48. The van der Waals surface area contributed by atoms with Crippen LogP contribution >= 0.6 is 0 Å². The fourth-order valence-electron chi connectivity index (χ4n) is 3.38. The van der Waals surface area contributed by atoms with Crippen LogP contribution in [0.25, 0.3) is 11.0 Å². The minimum absolute atomic E-state index is 0.0208. The van der Waals surface area contributed by atoms with Gasteiger partial charge in [-0.1, -0.05) is 5.16 Å². The Balaban J connectivity index is 1.27. The van der Waals surface area contributed by atoms with Crippen LogP contribution in [0.15, 0.2) is 35.1 Å². The van der Waals surface area contributed by atoms with Gasteiger partial charge in [-0.3, -0.25) is 4.79 Å². The SMILES string of the molecule is O=C(NC1CCN(c2nccc(C3CC3)n2)C1)c1onc2ncccc12. The first-order valence-electron chi connectivity index (χ1n) is 8.87. The Morgan fingerprint density at radius 2 is 2.12 bits per heavy atom. The molecule has 0 radical (unpaired) electrons. The van der Waals surface area contributed by atoms with Gasteiger partial charge >= 0.3 is 0 Å². The lowest BCUT2D eigenvalue weighted by Crippen LogP contribution is -2.37. The number of carbonyl (C=O) groups is 1. The zero-order valence-corrected chi connectivity index (χ0v) is 14.1. The van der Waals surface area contributed by atoms with E-state index in [9.17, 15) is 4.79 Å². The number of nitrogens with zero attached hydrogens (tertiary/aromatic N) is 5. The van der Waals surface area contributed by atoms with Crippen molar-refractivity contribution < 1.29 is 9.32 Å². The summed E-state index contributed by atoms with van der Waals surface area (Å²) >= 11 is 0. The van der Waals surface area contributed by atoms with E-state index in [-0.39, 0.29) is 17.7 Å². The summed E-state index contributed by atoms with van der Waals surface area (Å²) in [5.41, 5.74) is 1.57. The molecule has 1 aliphatic carbocycles. The molecule has 5 rings (SSSR count). The van der Waals surface area contributed by atoms with Gasteiger partial charge in [0.2, 0.25) is 17.4 Å². The van der Waals surface area contributed by atoms with E-state index in [2.05, 4.69) is 30.3 Å². The average molecular weight is 350 g/mol. The Bertz CT molecular complexity index is 967. The molecule has 8 heteroatoms. The highest BCUT2D eigenvalue weighted by Crippen LogP contribution is 2.39. The Hall–Kier alpha value is -3.03. The van der Waals surface area contributed by atoms with Crippen LogP contribution in [0, 0.1) is 0 Å². The maximum absolute atomic E-state index is 12.5. The summed E-state index contributed by atoms with van der Waals surface area (Å²) in [7, 11) is 0. The molecular weight excluding hydrogens is 332 g/mol. The predicted molar refractivity (Wildman–Crippen MR) is 93.9 cm³/mol. The highest BCUT2D eigenvalue weighted by molar-refractivity contribution is 6.02. The number of pyridine rings is 1. The fourth-order valence-corrected chi connectivity index (χ4v) is 3.38. The monoisotopic (exact) mass is 350 g/mol. The van der Waals surface area contributed by atoms with Gasteiger partial charge in [0.05, 0.1) is 5.39 Å². The minimum Gasteiger partial charge on any atom is -0.348 e. The summed E-state index contributed by atoms with van der Waals surface area (Å²) < 4.78 is 5.18. The van der Waals surface area contributed by atoms with Crippen LogP contribution in [0.4, 0.5) is 5.95 Å². The minimum atomic E-state index is -0.264. The molecule has 1 saturated heterocycles. The van der Waals surface area contributed by atoms with Crippen molar-refractivity contribution in [2.75, 3.05) is 18.0 Å². The molecule has 1 unspecified atom stereocenters. The summed E-state index contributed by atoms with van der Waals surface area (Å²) in [6, 6.07) is 5.57. The smallest absolute Gasteiger partial charge is 0.290 e. The Labute approximate surface area is 149 Å². The van der Waals surface area contributed by atoms with Gasteiger partial charge in [-0.2, -0.15) is 0 Å². The lowest BCUT2D eigenvalue weighted by atomic mass is 10.2. The van der Waals surface area contributed by atoms with Crippen molar-refractivity contribution >= 4 is 22.9 Å². The zero-order chi connectivity index (χ0) is 17.5. The van der Waals surface area contributed by atoms with E-state index in [1.54, 1.807) is 18.3 Å². The van der Waals surface area contributed by atoms with E-state index in [4.69, 9.17) is 4.52 Å². The van der Waals surface area contributed by atoms with Crippen LogP contribution in [0.5, 0.6) is 0 Å². The van der Waals surface area contributed by atoms with Crippen molar-refractivity contribution in [3.63, 3.8) is 0 Å². The van der Waals surface area contributed by atoms with Crippen molar-refractivity contribution in [2.45, 2.75) is 31.2 Å². The van der Waals surface area contributed by atoms with E-state index < -0.39 is 0 Å². The van der Waals surface area contributed by atoms with Gasteiger partial charge in [0.25, 0.3) is 5.91 Å². The van der Waals surface area contributed by atoms with E-state index in [1.165, 1.54) is 12.8 Å². The zero-order valence-electron chi connectivity index (χ0n) is 14.1. The maximum Gasteiger partial charge on any atom is 0.290 e. The van der Waals surface area contributed by atoms with Gasteiger partial charge in [-0.15, -0.1) is 0 Å². The lowest BCUT2D eigenvalue weighted by Gasteiger charge is -2.17. The molecule has 0 aromatic carbocycles. The van der Waals surface area contributed by atoms with Gasteiger partial charge in [0.15, 0.2) is 0 Å². The molecule has 0 bridgehead atoms. The second-order valence-corrected chi connectivity index (χ2v) is 6.85. The van der Waals surface area contributed by atoms with Crippen LogP contribution in [0.1, 0.15) is 41.4 Å². The molecule has 1 aliphatic heterocycles. The average Bonchev–Trinajstić information content (AvgIpc) is 3.27. The molecule has 2 aliphatic rings. The third-order valence-electron chi connectivity index (χ3n) is 4.93. The molecule has 1 amide bonds. The Kier molecular flexibility index (Phi) is 3.55. The summed E-state index contributed by atoms with van der Waals surface area (Å²) in [4.78, 5) is 27.8. The molecule has 0 spiro atoms. The van der Waals surface area contributed by atoms with E-state index in [0.29, 0.717) is 23.5 Å². The number of hydrogen-bond acceptors (Lipinski definition) is 7. The van der Waals surface area contributed by atoms with Crippen LogP contribution in [-0.4, -0.2) is 45.1 Å². The van der Waals surface area contributed by atoms with Crippen LogP contribution in [0.3, 0.4) is 0 Å². The highest BCUT2D eigenvalue weighted by Gasteiger charge is 2.30. The van der Waals surface area contributed by atoms with Crippen LogP contribution in [-0.2, 0) is 0 Å². The Morgan fingerprint density at radius 1 is 1.19 bits per heavy atom. The third-order valence-corrected chi connectivity index (χ3v) is 4.93. The molecule has 4 heterocycles. The fraction of sp³-hybridized carbons (Fsp3) is 0.389. The Morgan fingerprint density at radius 3 is 3.00 bits per heavy atom. The number of anilines is 1. The van der Waals surface area contributed by atoms with Crippen molar-refractivity contribution in [2.24, 2.45) is 0 Å². The molecule has 1 atom stereocenters. The maximum atomic E-state index is 12.5. The van der Waals surface area contributed by atoms with Gasteiger partial charge in [0.1, 0.15) is 0 Å². The molecular formula is C18H18N6O2. The summed E-state index contributed by atoms with van der Waals surface area (Å²) in [6.07, 6.45) is 6.73. The number of carbonyl (C=O) groups excluding carboxylic acids is 1. The quantitative estimate of drug-likeness (QED) is 0.767. The van der Waals surface area contributed by atoms with Gasteiger partial charge < -0.3 is 14.7 Å². The number of aromatic nitrogens is 4. The molecule has 8 nitrogen and oxygen atoms in total. The van der Waals surface area contributed by atoms with Gasteiger partial charge in [0, 0.05) is 43.1 Å². The number of hydrogen-bond donors (Lipinski definition) is 1. The number of nitrogens with one attached hydrogen (secondary N) is 1.